The summed E-state index contributed by atoms with van der Waals surface area (Å²) in [5, 5.41) is 8.67. The molecule has 0 radical (unpaired) electrons. The summed E-state index contributed by atoms with van der Waals surface area (Å²) < 4.78 is 16.5. The molecule has 1 aromatic heterocycles. The van der Waals surface area contributed by atoms with Crippen molar-refractivity contribution in [2.75, 3.05) is 35.7 Å². The number of furan rings is 1. The van der Waals surface area contributed by atoms with E-state index < -0.39 is 0 Å². The fraction of sp³-hybridized carbons (Fsp3) is 0.111. The van der Waals surface area contributed by atoms with Gasteiger partial charge in [0.15, 0.2) is 5.76 Å². The fourth-order valence-electron chi connectivity index (χ4n) is 3.21. The lowest BCUT2D eigenvalue weighted by Crippen LogP contribution is -2.22. The number of anilines is 3. The molecule has 1 heterocycles. The average Bonchev–Trinajstić information content (AvgIpc) is 3.43. The van der Waals surface area contributed by atoms with Crippen LogP contribution in [0.25, 0.3) is 0 Å². The van der Waals surface area contributed by atoms with E-state index >= 15 is 0 Å². The first-order valence-electron chi connectivity index (χ1n) is 11.1. The Morgan fingerprint density at radius 2 is 1.51 bits per heavy atom. The molecule has 0 aliphatic rings. The summed E-state index contributed by atoms with van der Waals surface area (Å²) in [6, 6.07) is 27.0. The predicted octanol–water partition coefficient (Wildman–Crippen LogP) is 5.04. The molecule has 0 saturated heterocycles. The van der Waals surface area contributed by atoms with Gasteiger partial charge in [0.2, 0.25) is 5.91 Å². The Hall–Kier alpha value is -4.72. The molecule has 3 N–H and O–H groups in total. The highest BCUT2D eigenvalue weighted by molar-refractivity contribution is 6.02. The van der Waals surface area contributed by atoms with E-state index in [1.165, 1.54) is 6.26 Å². The van der Waals surface area contributed by atoms with Crippen LogP contribution in [0.5, 0.6) is 11.5 Å². The second-order valence-corrected chi connectivity index (χ2v) is 7.42. The van der Waals surface area contributed by atoms with Gasteiger partial charge in [0.25, 0.3) is 5.91 Å². The monoisotopic (exact) mass is 471 g/mol. The van der Waals surface area contributed by atoms with Crippen LogP contribution in [0.4, 0.5) is 17.1 Å². The second-order valence-electron chi connectivity index (χ2n) is 7.42. The van der Waals surface area contributed by atoms with E-state index in [1.807, 2.05) is 42.5 Å². The van der Waals surface area contributed by atoms with Gasteiger partial charge in [0.05, 0.1) is 18.5 Å². The SMILES string of the molecule is O=C(CNc1cccc(NC(=O)c2ccco2)c1)Nc1ccccc1OCCOc1ccccc1. The lowest BCUT2D eigenvalue weighted by molar-refractivity contribution is -0.114. The third-order valence-electron chi connectivity index (χ3n) is 4.83. The van der Waals surface area contributed by atoms with Crippen LogP contribution < -0.4 is 25.4 Å². The first-order chi connectivity index (χ1) is 17.2. The Bertz CT molecular complexity index is 1240. The van der Waals surface area contributed by atoms with E-state index in [2.05, 4.69) is 16.0 Å². The van der Waals surface area contributed by atoms with Crippen LogP contribution >= 0.6 is 0 Å². The largest absolute Gasteiger partial charge is 0.490 e. The van der Waals surface area contributed by atoms with Gasteiger partial charge < -0.3 is 29.8 Å². The maximum Gasteiger partial charge on any atom is 0.291 e. The van der Waals surface area contributed by atoms with Crippen LogP contribution in [0.1, 0.15) is 10.6 Å². The quantitative estimate of drug-likeness (QED) is 0.265. The van der Waals surface area contributed by atoms with Gasteiger partial charge in [-0.1, -0.05) is 36.4 Å². The molecular formula is C27H25N3O5. The molecule has 2 amide bonds. The number of hydrogen-bond donors (Lipinski definition) is 3. The molecule has 0 spiro atoms. The fourth-order valence-corrected chi connectivity index (χ4v) is 3.21. The molecule has 0 aliphatic heterocycles. The van der Waals surface area contributed by atoms with E-state index in [0.717, 1.165) is 5.75 Å². The minimum absolute atomic E-state index is 0.0288. The topological polar surface area (TPSA) is 102 Å². The summed E-state index contributed by atoms with van der Waals surface area (Å²) in [5.74, 6) is 0.950. The molecule has 178 valence electrons. The Morgan fingerprint density at radius 1 is 0.743 bits per heavy atom. The molecule has 35 heavy (non-hydrogen) atoms. The summed E-state index contributed by atoms with van der Waals surface area (Å²) in [5.41, 5.74) is 1.83. The molecule has 0 bridgehead atoms. The number of nitrogens with one attached hydrogen (secondary N) is 3. The third kappa shape index (κ3) is 7.13. The maximum absolute atomic E-state index is 12.5. The van der Waals surface area contributed by atoms with Gasteiger partial charge in [-0.25, -0.2) is 0 Å². The van der Waals surface area contributed by atoms with Gasteiger partial charge in [-0.2, -0.15) is 0 Å². The molecule has 4 rings (SSSR count). The maximum atomic E-state index is 12.5. The van der Waals surface area contributed by atoms with Crippen molar-refractivity contribution in [1.82, 2.24) is 0 Å². The number of para-hydroxylation sites is 3. The van der Waals surface area contributed by atoms with Crippen molar-refractivity contribution < 1.29 is 23.5 Å². The number of benzene rings is 3. The van der Waals surface area contributed by atoms with Crippen molar-refractivity contribution in [3.05, 3.63) is 103 Å². The van der Waals surface area contributed by atoms with Crippen LogP contribution in [0.3, 0.4) is 0 Å². The Balaban J connectivity index is 1.25. The van der Waals surface area contributed by atoms with Gasteiger partial charge in [-0.3, -0.25) is 9.59 Å². The summed E-state index contributed by atoms with van der Waals surface area (Å²) in [6.45, 7) is 0.734. The number of ether oxygens (including phenoxy) is 2. The lowest BCUT2D eigenvalue weighted by Gasteiger charge is -2.14. The minimum atomic E-state index is -0.351. The zero-order valence-electron chi connectivity index (χ0n) is 18.9. The van der Waals surface area contributed by atoms with Gasteiger partial charge in [-0.05, 0) is 54.6 Å². The van der Waals surface area contributed by atoms with E-state index in [-0.39, 0.29) is 24.1 Å². The Morgan fingerprint density at radius 3 is 2.34 bits per heavy atom. The molecule has 0 unspecified atom stereocenters. The van der Waals surface area contributed by atoms with Crippen molar-refractivity contribution >= 4 is 28.9 Å². The number of carbonyl (C=O) groups is 2. The van der Waals surface area contributed by atoms with Crippen LogP contribution in [0, 0.1) is 0 Å². The molecule has 0 aliphatic carbocycles. The highest BCUT2D eigenvalue weighted by Crippen LogP contribution is 2.24. The van der Waals surface area contributed by atoms with Crippen LogP contribution in [-0.2, 0) is 4.79 Å². The van der Waals surface area contributed by atoms with Gasteiger partial charge >= 0.3 is 0 Å². The summed E-state index contributed by atoms with van der Waals surface area (Å²) in [4.78, 5) is 24.7. The number of amides is 2. The van der Waals surface area contributed by atoms with Crippen molar-refractivity contribution in [2.45, 2.75) is 0 Å². The standard InChI is InChI=1S/C27H25N3O5/c31-26(19-28-20-8-6-9-21(18-20)29-27(32)25-14-7-15-34-25)30-23-12-4-5-13-24(23)35-17-16-33-22-10-2-1-3-11-22/h1-15,18,28H,16-17,19H2,(H,29,32)(H,30,31). The first kappa shape index (κ1) is 23.4. The molecule has 0 saturated carbocycles. The molecule has 0 atom stereocenters. The van der Waals surface area contributed by atoms with E-state index in [4.69, 9.17) is 13.9 Å². The molecule has 3 aromatic carbocycles. The third-order valence-corrected chi connectivity index (χ3v) is 4.83. The predicted molar refractivity (Wildman–Crippen MR) is 134 cm³/mol. The summed E-state index contributed by atoms with van der Waals surface area (Å²) >= 11 is 0. The van der Waals surface area contributed by atoms with E-state index in [9.17, 15) is 9.59 Å². The van der Waals surface area contributed by atoms with Crippen LogP contribution in [0.15, 0.2) is 102 Å². The zero-order valence-corrected chi connectivity index (χ0v) is 18.9. The van der Waals surface area contributed by atoms with Gasteiger partial charge in [0.1, 0.15) is 24.7 Å². The molecule has 8 heteroatoms. The lowest BCUT2D eigenvalue weighted by atomic mass is 10.2. The van der Waals surface area contributed by atoms with Crippen molar-refractivity contribution in [2.24, 2.45) is 0 Å². The van der Waals surface area contributed by atoms with Crippen LogP contribution in [0.2, 0.25) is 0 Å². The zero-order chi connectivity index (χ0) is 24.3. The smallest absolute Gasteiger partial charge is 0.291 e. The average molecular weight is 472 g/mol. The van der Waals surface area contributed by atoms with E-state index in [1.54, 1.807) is 48.5 Å². The Kier molecular flexibility index (Phi) is 8.00. The summed E-state index contributed by atoms with van der Waals surface area (Å²) in [7, 11) is 0. The van der Waals surface area contributed by atoms with Crippen LogP contribution in [-0.4, -0.2) is 31.6 Å². The van der Waals surface area contributed by atoms with E-state index in [0.29, 0.717) is 36.0 Å². The number of rotatable bonds is 11. The van der Waals surface area contributed by atoms with Crippen molar-refractivity contribution in [3.63, 3.8) is 0 Å². The van der Waals surface area contributed by atoms with Crippen molar-refractivity contribution in [1.29, 1.82) is 0 Å². The second kappa shape index (κ2) is 11.9. The Labute approximate surface area is 202 Å². The molecular weight excluding hydrogens is 446 g/mol. The molecule has 8 nitrogen and oxygen atoms in total. The molecule has 0 fully saturated rings. The minimum Gasteiger partial charge on any atom is -0.490 e. The molecule has 4 aromatic rings. The highest BCUT2D eigenvalue weighted by atomic mass is 16.5. The van der Waals surface area contributed by atoms with Gasteiger partial charge in [0, 0.05) is 11.4 Å². The number of carbonyl (C=O) groups excluding carboxylic acids is 2. The number of hydrogen-bond acceptors (Lipinski definition) is 6. The normalized spacial score (nSPS) is 10.3. The highest BCUT2D eigenvalue weighted by Gasteiger charge is 2.10. The summed E-state index contributed by atoms with van der Waals surface area (Å²) in [6.07, 6.45) is 1.44. The first-order valence-corrected chi connectivity index (χ1v) is 11.1. The van der Waals surface area contributed by atoms with Crippen molar-refractivity contribution in [3.8, 4) is 11.5 Å². The van der Waals surface area contributed by atoms with Gasteiger partial charge in [-0.15, -0.1) is 0 Å².